The molecule has 0 radical (unpaired) electrons. The molecule has 2 N–H and O–H groups in total. The molecule has 7 heteroatoms. The van der Waals surface area contributed by atoms with Crippen LogP contribution in [0.4, 0.5) is 0 Å². The summed E-state index contributed by atoms with van der Waals surface area (Å²) >= 11 is 0. The lowest BCUT2D eigenvalue weighted by Gasteiger charge is -2.14. The lowest BCUT2D eigenvalue weighted by Crippen LogP contribution is -2.43. The van der Waals surface area contributed by atoms with Crippen molar-refractivity contribution in [3.05, 3.63) is 59.9 Å². The molecule has 6 nitrogen and oxygen atoms in total. The van der Waals surface area contributed by atoms with Gasteiger partial charge in [-0.15, -0.1) is 4.83 Å². The summed E-state index contributed by atoms with van der Waals surface area (Å²) in [7, 11) is -3.84. The van der Waals surface area contributed by atoms with Gasteiger partial charge in [-0.3, -0.25) is 15.2 Å². The molecule has 25 heavy (non-hydrogen) atoms. The predicted octanol–water partition coefficient (Wildman–Crippen LogP) is 2.39. The van der Waals surface area contributed by atoms with Crippen molar-refractivity contribution >= 4 is 15.9 Å². The molecule has 1 aromatic heterocycles. The normalized spacial score (nSPS) is 12.8. The Morgan fingerprint density at radius 3 is 2.36 bits per heavy atom. The van der Waals surface area contributed by atoms with E-state index in [1.54, 1.807) is 6.92 Å². The Balaban J connectivity index is 1.98. The zero-order valence-electron chi connectivity index (χ0n) is 14.6. The summed E-state index contributed by atoms with van der Waals surface area (Å²) in [6.45, 7) is 6.03. The molecule has 1 heterocycles. The van der Waals surface area contributed by atoms with Gasteiger partial charge in [0, 0.05) is 12.4 Å². The molecule has 0 spiro atoms. The van der Waals surface area contributed by atoms with Crippen LogP contribution in [0.5, 0.6) is 0 Å². The number of hydrogen-bond acceptors (Lipinski definition) is 4. The number of hydrazine groups is 1. The van der Waals surface area contributed by atoms with Crippen LogP contribution in [0.2, 0.25) is 0 Å². The molecule has 0 bridgehead atoms. The highest BCUT2D eigenvalue weighted by Crippen LogP contribution is 2.17. The number of pyridine rings is 1. The van der Waals surface area contributed by atoms with E-state index in [2.05, 4.69) is 29.1 Å². The Morgan fingerprint density at radius 2 is 1.80 bits per heavy atom. The number of carbonyl (C=O) groups excluding carboxylic acids is 1. The molecule has 0 fully saturated rings. The molecule has 0 saturated heterocycles. The van der Waals surface area contributed by atoms with Crippen LogP contribution in [0, 0.1) is 5.92 Å². The van der Waals surface area contributed by atoms with E-state index in [-0.39, 0.29) is 4.90 Å². The lowest BCUT2D eigenvalue weighted by atomic mass is 9.96. The first-order valence-electron chi connectivity index (χ1n) is 8.10. The van der Waals surface area contributed by atoms with Crippen molar-refractivity contribution in [2.75, 3.05) is 0 Å². The lowest BCUT2D eigenvalue weighted by molar-refractivity contribution is -0.122. The van der Waals surface area contributed by atoms with Crippen molar-refractivity contribution < 1.29 is 13.2 Å². The van der Waals surface area contributed by atoms with E-state index in [4.69, 9.17) is 0 Å². The van der Waals surface area contributed by atoms with Crippen LogP contribution in [0.3, 0.4) is 0 Å². The van der Waals surface area contributed by atoms with Crippen LogP contribution in [0.25, 0.3) is 0 Å². The SMILES string of the molecule is CC(C)Cc1ccc(C(C)C(=O)NNS(=O)(=O)c2cccnc2)cc1. The van der Waals surface area contributed by atoms with Crippen molar-refractivity contribution in [1.82, 2.24) is 15.2 Å². The Labute approximate surface area is 148 Å². The van der Waals surface area contributed by atoms with Crippen molar-refractivity contribution in [2.24, 2.45) is 5.92 Å². The van der Waals surface area contributed by atoms with Crippen LogP contribution < -0.4 is 10.3 Å². The Morgan fingerprint density at radius 1 is 1.12 bits per heavy atom. The first kappa shape index (κ1) is 19.1. The first-order valence-corrected chi connectivity index (χ1v) is 9.58. The van der Waals surface area contributed by atoms with Gasteiger partial charge >= 0.3 is 0 Å². The highest BCUT2D eigenvalue weighted by Gasteiger charge is 2.19. The van der Waals surface area contributed by atoms with Gasteiger partial charge in [0.05, 0.1) is 5.92 Å². The fraction of sp³-hybridized carbons (Fsp3) is 0.333. The van der Waals surface area contributed by atoms with Gasteiger partial charge in [0.25, 0.3) is 10.0 Å². The number of aromatic nitrogens is 1. The van der Waals surface area contributed by atoms with E-state index in [0.29, 0.717) is 5.92 Å². The number of hydrogen-bond donors (Lipinski definition) is 2. The fourth-order valence-corrected chi connectivity index (χ4v) is 3.17. The van der Waals surface area contributed by atoms with Gasteiger partial charge in [0.15, 0.2) is 0 Å². The van der Waals surface area contributed by atoms with Crippen LogP contribution in [0.1, 0.15) is 37.8 Å². The Kier molecular flexibility index (Phi) is 6.27. The molecule has 1 unspecified atom stereocenters. The van der Waals surface area contributed by atoms with Gasteiger partial charge < -0.3 is 0 Å². The number of sulfonamides is 1. The van der Waals surface area contributed by atoms with Gasteiger partial charge in [0.1, 0.15) is 4.90 Å². The van der Waals surface area contributed by atoms with E-state index >= 15 is 0 Å². The monoisotopic (exact) mass is 361 g/mol. The van der Waals surface area contributed by atoms with Gasteiger partial charge in [-0.1, -0.05) is 38.1 Å². The van der Waals surface area contributed by atoms with Gasteiger partial charge in [-0.05, 0) is 42.5 Å². The molecule has 1 aromatic carbocycles. The molecule has 0 aliphatic carbocycles. The molecule has 0 saturated carbocycles. The van der Waals surface area contributed by atoms with E-state index in [0.717, 1.165) is 12.0 Å². The maximum absolute atomic E-state index is 12.2. The van der Waals surface area contributed by atoms with Gasteiger partial charge in [-0.25, -0.2) is 8.42 Å². The number of nitrogens with one attached hydrogen (secondary N) is 2. The molecule has 2 aromatic rings. The van der Waals surface area contributed by atoms with Gasteiger partial charge in [0.2, 0.25) is 5.91 Å². The minimum atomic E-state index is -3.84. The smallest absolute Gasteiger partial charge is 0.258 e. The molecule has 0 aliphatic heterocycles. The fourth-order valence-electron chi connectivity index (χ4n) is 2.36. The standard InChI is InChI=1S/C18H23N3O3S/c1-13(2)11-15-6-8-16(9-7-15)14(3)18(22)20-21-25(23,24)17-5-4-10-19-12-17/h4-10,12-14,21H,11H2,1-3H3,(H,20,22). The van der Waals surface area contributed by atoms with Crippen molar-refractivity contribution in [3.63, 3.8) is 0 Å². The molecule has 2 rings (SSSR count). The maximum Gasteiger partial charge on any atom is 0.258 e. The number of carbonyl (C=O) groups is 1. The minimum absolute atomic E-state index is 0.0130. The molecular weight excluding hydrogens is 338 g/mol. The van der Waals surface area contributed by atoms with Crippen LogP contribution in [-0.2, 0) is 21.2 Å². The average molecular weight is 361 g/mol. The average Bonchev–Trinajstić information content (AvgIpc) is 2.60. The second kappa shape index (κ2) is 8.22. The topological polar surface area (TPSA) is 88.2 Å². The quantitative estimate of drug-likeness (QED) is 0.741. The zero-order chi connectivity index (χ0) is 18.4. The van der Waals surface area contributed by atoms with Crippen molar-refractivity contribution in [3.8, 4) is 0 Å². The van der Waals surface area contributed by atoms with Crippen molar-refractivity contribution in [1.29, 1.82) is 0 Å². The molecule has 134 valence electrons. The Hall–Kier alpha value is -2.25. The summed E-state index contributed by atoms with van der Waals surface area (Å²) in [5.74, 6) is -0.345. The summed E-state index contributed by atoms with van der Waals surface area (Å²) in [6.07, 6.45) is 3.67. The summed E-state index contributed by atoms with van der Waals surface area (Å²) in [6, 6.07) is 10.7. The highest BCUT2D eigenvalue weighted by atomic mass is 32.2. The van der Waals surface area contributed by atoms with E-state index in [1.807, 2.05) is 24.3 Å². The highest BCUT2D eigenvalue weighted by molar-refractivity contribution is 7.89. The predicted molar refractivity (Wildman–Crippen MR) is 96.1 cm³/mol. The van der Waals surface area contributed by atoms with E-state index < -0.39 is 21.8 Å². The van der Waals surface area contributed by atoms with Crippen LogP contribution in [0.15, 0.2) is 53.7 Å². The minimum Gasteiger partial charge on any atom is -0.277 e. The van der Waals surface area contributed by atoms with Crippen LogP contribution >= 0.6 is 0 Å². The molecule has 1 atom stereocenters. The third-order valence-corrected chi connectivity index (χ3v) is 5.00. The molecule has 1 amide bonds. The first-order chi connectivity index (χ1) is 11.8. The third kappa shape index (κ3) is 5.37. The second-order valence-corrected chi connectivity index (χ2v) is 8.03. The van der Waals surface area contributed by atoms with E-state index in [1.165, 1.54) is 30.1 Å². The Bertz CT molecular complexity index is 803. The number of nitrogens with zero attached hydrogens (tertiary/aromatic N) is 1. The summed E-state index contributed by atoms with van der Waals surface area (Å²) in [5.41, 5.74) is 4.30. The number of rotatable bonds is 7. The molecule has 0 aliphatic rings. The number of amides is 1. The molecular formula is C18H23N3O3S. The van der Waals surface area contributed by atoms with E-state index in [9.17, 15) is 13.2 Å². The summed E-state index contributed by atoms with van der Waals surface area (Å²) in [4.78, 5) is 18.1. The summed E-state index contributed by atoms with van der Waals surface area (Å²) in [5, 5.41) is 0. The number of benzene rings is 1. The van der Waals surface area contributed by atoms with Crippen molar-refractivity contribution in [2.45, 2.75) is 38.0 Å². The largest absolute Gasteiger partial charge is 0.277 e. The summed E-state index contributed by atoms with van der Waals surface area (Å²) < 4.78 is 24.2. The second-order valence-electron chi connectivity index (χ2n) is 6.34. The maximum atomic E-state index is 12.2. The van der Waals surface area contributed by atoms with Gasteiger partial charge in [-0.2, -0.15) is 0 Å². The zero-order valence-corrected chi connectivity index (χ0v) is 15.4. The van der Waals surface area contributed by atoms with Crippen LogP contribution in [-0.4, -0.2) is 19.3 Å². The third-order valence-electron chi connectivity index (χ3n) is 3.77.